The predicted octanol–water partition coefficient (Wildman–Crippen LogP) is 2.93. The third-order valence-corrected chi connectivity index (χ3v) is 4.35. The van der Waals surface area contributed by atoms with Gasteiger partial charge in [0.1, 0.15) is 11.5 Å². The molecule has 5 nitrogen and oxygen atoms in total. The average molecular weight is 353 g/mol. The zero-order valence-electron chi connectivity index (χ0n) is 15.5. The predicted molar refractivity (Wildman–Crippen MR) is 105 cm³/mol. The highest BCUT2D eigenvalue weighted by molar-refractivity contribution is 5.79. The number of hydrogen-bond acceptors (Lipinski definition) is 3. The first-order valence-corrected chi connectivity index (χ1v) is 9.19. The molecular weight excluding hydrogens is 326 g/mol. The second-order valence-electron chi connectivity index (χ2n) is 6.22. The summed E-state index contributed by atoms with van der Waals surface area (Å²) < 4.78 is 11.1. The van der Waals surface area contributed by atoms with Crippen molar-refractivity contribution in [3.8, 4) is 11.5 Å². The molecule has 2 aromatic rings. The van der Waals surface area contributed by atoms with Gasteiger partial charge in [-0.1, -0.05) is 24.3 Å². The van der Waals surface area contributed by atoms with Gasteiger partial charge >= 0.3 is 0 Å². The molecule has 0 aliphatic carbocycles. The number of fused-ring (bicyclic) bond motifs is 1. The van der Waals surface area contributed by atoms with Crippen LogP contribution in [0.3, 0.4) is 0 Å². The van der Waals surface area contributed by atoms with Crippen LogP contribution in [0.1, 0.15) is 23.6 Å². The minimum Gasteiger partial charge on any atom is -0.494 e. The Kier molecular flexibility index (Phi) is 6.36. The molecule has 0 radical (unpaired) electrons. The number of rotatable bonds is 7. The molecule has 26 heavy (non-hydrogen) atoms. The summed E-state index contributed by atoms with van der Waals surface area (Å²) in [6.07, 6.45) is 1.97. The number of aliphatic imine (C=N–C) groups is 1. The van der Waals surface area contributed by atoms with Crippen molar-refractivity contribution in [2.24, 2.45) is 4.99 Å². The lowest BCUT2D eigenvalue weighted by atomic mass is 10.1. The van der Waals surface area contributed by atoms with E-state index in [4.69, 9.17) is 9.47 Å². The van der Waals surface area contributed by atoms with Gasteiger partial charge in [0.25, 0.3) is 0 Å². The molecule has 0 saturated carbocycles. The summed E-state index contributed by atoms with van der Waals surface area (Å²) in [5.74, 6) is 2.74. The Morgan fingerprint density at radius 1 is 1.15 bits per heavy atom. The van der Waals surface area contributed by atoms with E-state index in [0.717, 1.165) is 49.0 Å². The fourth-order valence-corrected chi connectivity index (χ4v) is 3.04. The summed E-state index contributed by atoms with van der Waals surface area (Å²) >= 11 is 0. The lowest BCUT2D eigenvalue weighted by Crippen LogP contribution is -2.37. The van der Waals surface area contributed by atoms with E-state index in [9.17, 15) is 0 Å². The Labute approximate surface area is 155 Å². The first-order chi connectivity index (χ1) is 12.8. The van der Waals surface area contributed by atoms with E-state index in [0.29, 0.717) is 13.2 Å². The normalized spacial score (nSPS) is 13.1. The third-order valence-electron chi connectivity index (χ3n) is 4.35. The molecule has 138 valence electrons. The van der Waals surface area contributed by atoms with E-state index < -0.39 is 0 Å². The first-order valence-electron chi connectivity index (χ1n) is 9.19. The molecule has 3 rings (SSSR count). The Bertz CT molecular complexity index is 759. The molecule has 0 fully saturated rings. The van der Waals surface area contributed by atoms with Gasteiger partial charge in [-0.15, -0.1) is 0 Å². The highest BCUT2D eigenvalue weighted by Crippen LogP contribution is 2.25. The van der Waals surface area contributed by atoms with E-state index in [-0.39, 0.29) is 0 Å². The van der Waals surface area contributed by atoms with Crippen molar-refractivity contribution in [2.75, 3.05) is 26.8 Å². The number of ether oxygens (including phenoxy) is 2. The molecule has 0 atom stereocenters. The van der Waals surface area contributed by atoms with Gasteiger partial charge < -0.3 is 20.1 Å². The summed E-state index contributed by atoms with van der Waals surface area (Å²) in [5.41, 5.74) is 3.80. The molecule has 0 saturated heterocycles. The van der Waals surface area contributed by atoms with Gasteiger partial charge in [-0.2, -0.15) is 0 Å². The first kappa shape index (κ1) is 18.1. The number of nitrogens with zero attached hydrogens (tertiary/aromatic N) is 1. The summed E-state index contributed by atoms with van der Waals surface area (Å²) in [5, 5.41) is 6.72. The Morgan fingerprint density at radius 2 is 2.08 bits per heavy atom. The van der Waals surface area contributed by atoms with Gasteiger partial charge in [-0.25, -0.2) is 0 Å². The van der Waals surface area contributed by atoms with Crippen LogP contribution in [-0.2, 0) is 19.4 Å². The molecule has 0 spiro atoms. The van der Waals surface area contributed by atoms with Gasteiger partial charge in [-0.05, 0) is 48.2 Å². The topological polar surface area (TPSA) is 54.9 Å². The van der Waals surface area contributed by atoms with Gasteiger partial charge in [0.2, 0.25) is 0 Å². The molecule has 0 bridgehead atoms. The van der Waals surface area contributed by atoms with Gasteiger partial charge in [0, 0.05) is 26.6 Å². The van der Waals surface area contributed by atoms with Crippen molar-refractivity contribution in [2.45, 2.75) is 26.3 Å². The Morgan fingerprint density at radius 3 is 2.92 bits per heavy atom. The van der Waals surface area contributed by atoms with Crippen molar-refractivity contribution in [1.82, 2.24) is 10.6 Å². The van der Waals surface area contributed by atoms with Crippen molar-refractivity contribution < 1.29 is 9.47 Å². The third kappa shape index (κ3) is 4.91. The highest BCUT2D eigenvalue weighted by atomic mass is 16.5. The minimum atomic E-state index is 0.676. The van der Waals surface area contributed by atoms with Crippen LogP contribution in [0.4, 0.5) is 0 Å². The second kappa shape index (κ2) is 9.13. The zero-order valence-corrected chi connectivity index (χ0v) is 15.5. The van der Waals surface area contributed by atoms with Crippen LogP contribution < -0.4 is 20.1 Å². The second-order valence-corrected chi connectivity index (χ2v) is 6.22. The van der Waals surface area contributed by atoms with E-state index in [1.54, 1.807) is 7.05 Å². The molecule has 2 aromatic carbocycles. The van der Waals surface area contributed by atoms with Crippen molar-refractivity contribution in [3.05, 3.63) is 59.2 Å². The maximum absolute atomic E-state index is 5.56. The molecule has 2 N–H and O–H groups in total. The van der Waals surface area contributed by atoms with Crippen molar-refractivity contribution in [3.63, 3.8) is 0 Å². The lowest BCUT2D eigenvalue weighted by molar-refractivity contribution is 0.340. The molecule has 0 aromatic heterocycles. The molecule has 0 amide bonds. The summed E-state index contributed by atoms with van der Waals surface area (Å²) in [7, 11) is 1.79. The summed E-state index contributed by atoms with van der Waals surface area (Å²) in [6.45, 7) is 5.01. The summed E-state index contributed by atoms with van der Waals surface area (Å²) in [6, 6.07) is 14.6. The van der Waals surface area contributed by atoms with Gasteiger partial charge in [-0.3, -0.25) is 4.99 Å². The summed E-state index contributed by atoms with van der Waals surface area (Å²) in [4.78, 5) is 4.29. The minimum absolute atomic E-state index is 0.676. The Balaban J connectivity index is 1.45. The van der Waals surface area contributed by atoms with Crippen LogP contribution in [0.5, 0.6) is 11.5 Å². The fourth-order valence-electron chi connectivity index (χ4n) is 3.04. The zero-order chi connectivity index (χ0) is 18.2. The van der Waals surface area contributed by atoms with Crippen LogP contribution in [-0.4, -0.2) is 32.8 Å². The monoisotopic (exact) mass is 353 g/mol. The number of hydrogen-bond donors (Lipinski definition) is 2. The van der Waals surface area contributed by atoms with Crippen LogP contribution in [0.15, 0.2) is 47.5 Å². The Hall–Kier alpha value is -2.69. The van der Waals surface area contributed by atoms with E-state index in [1.807, 2.05) is 19.1 Å². The smallest absolute Gasteiger partial charge is 0.191 e. The number of benzene rings is 2. The standard InChI is InChI=1S/C21H27N3O2/c1-3-25-19-6-4-5-17(14-19)15-24-21(22-2)23-11-9-16-7-8-20-18(13-16)10-12-26-20/h4-8,13-14H,3,9-12,15H2,1-2H3,(H2,22,23,24). The van der Waals surface area contributed by atoms with Gasteiger partial charge in [0.05, 0.1) is 13.2 Å². The van der Waals surface area contributed by atoms with Crippen LogP contribution in [0, 0.1) is 0 Å². The molecular formula is C21H27N3O2. The maximum Gasteiger partial charge on any atom is 0.191 e. The molecule has 5 heteroatoms. The maximum atomic E-state index is 5.56. The SMILES string of the molecule is CCOc1cccc(CNC(=NC)NCCc2ccc3c(c2)CCO3)c1. The van der Waals surface area contributed by atoms with Crippen LogP contribution >= 0.6 is 0 Å². The molecule has 1 aliphatic rings. The number of guanidine groups is 1. The molecule has 1 aliphatic heterocycles. The molecule has 1 heterocycles. The van der Waals surface area contributed by atoms with Gasteiger partial charge in [0.15, 0.2) is 5.96 Å². The van der Waals surface area contributed by atoms with Crippen molar-refractivity contribution >= 4 is 5.96 Å². The average Bonchev–Trinajstić information content (AvgIpc) is 3.13. The fraction of sp³-hybridized carbons (Fsp3) is 0.381. The van der Waals surface area contributed by atoms with Crippen LogP contribution in [0.2, 0.25) is 0 Å². The number of nitrogens with one attached hydrogen (secondary N) is 2. The van der Waals surface area contributed by atoms with Crippen LogP contribution in [0.25, 0.3) is 0 Å². The largest absolute Gasteiger partial charge is 0.494 e. The van der Waals surface area contributed by atoms with E-state index in [2.05, 4.69) is 46.0 Å². The highest BCUT2D eigenvalue weighted by Gasteiger charge is 2.11. The molecule has 0 unspecified atom stereocenters. The van der Waals surface area contributed by atoms with E-state index >= 15 is 0 Å². The lowest BCUT2D eigenvalue weighted by Gasteiger charge is -2.13. The quantitative estimate of drug-likeness (QED) is 0.594. The van der Waals surface area contributed by atoms with E-state index in [1.165, 1.54) is 11.1 Å². The van der Waals surface area contributed by atoms with Crippen molar-refractivity contribution in [1.29, 1.82) is 0 Å².